The van der Waals surface area contributed by atoms with Crippen LogP contribution in [0.4, 0.5) is 26.3 Å². The number of halogens is 6. The summed E-state index contributed by atoms with van der Waals surface area (Å²) in [6.45, 7) is 9.64. The third-order valence-electron chi connectivity index (χ3n) is 8.09. The smallest absolute Gasteiger partial charge is 0.416 e. The number of nitrogens with zero attached hydrogens (tertiary/aromatic N) is 2. The van der Waals surface area contributed by atoms with E-state index < -0.39 is 70.7 Å². The first-order valence-electron chi connectivity index (χ1n) is 15.9. The maximum absolute atomic E-state index is 16.5. The second-order valence-corrected chi connectivity index (χ2v) is 12.9. The second kappa shape index (κ2) is 16.1. The molecule has 0 saturated carbocycles. The van der Waals surface area contributed by atoms with Crippen LogP contribution in [0.15, 0.2) is 35.3 Å². The highest BCUT2D eigenvalue weighted by atomic mass is 19.4. The third kappa shape index (κ3) is 9.52. The van der Waals surface area contributed by atoms with Crippen molar-refractivity contribution in [3.8, 4) is 11.1 Å². The normalized spacial score (nSPS) is 13.1. The van der Waals surface area contributed by atoms with Crippen LogP contribution in [-0.2, 0) is 26.9 Å². The molecule has 0 aliphatic heterocycles. The molecule has 7 nitrogen and oxygen atoms in total. The molecular formula is C36H43F6N3O4. The predicted molar refractivity (Wildman–Crippen MR) is 175 cm³/mol. The molecule has 0 fully saturated rings. The van der Waals surface area contributed by atoms with Gasteiger partial charge in [0, 0.05) is 35.5 Å². The molecule has 268 valence electrons. The first-order chi connectivity index (χ1) is 22.8. The van der Waals surface area contributed by atoms with Crippen LogP contribution in [0.25, 0.3) is 11.1 Å². The molecule has 1 amide bonds. The van der Waals surface area contributed by atoms with Crippen LogP contribution in [0.2, 0.25) is 0 Å². The number of hydrogen-bond acceptors (Lipinski definition) is 5. The van der Waals surface area contributed by atoms with Crippen LogP contribution in [0.1, 0.15) is 79.1 Å². The van der Waals surface area contributed by atoms with Crippen LogP contribution in [0.3, 0.4) is 0 Å². The Morgan fingerprint density at radius 2 is 1.63 bits per heavy atom. The summed E-state index contributed by atoms with van der Waals surface area (Å²) in [7, 11) is 3.34. The molecule has 1 heterocycles. The zero-order chi connectivity index (χ0) is 37.0. The number of esters is 1. The maximum Gasteiger partial charge on any atom is 0.416 e. The first kappa shape index (κ1) is 39.3. The average molecular weight is 696 g/mol. The number of benzene rings is 2. The number of nitrogens with one attached hydrogen (secondary N) is 1. The van der Waals surface area contributed by atoms with Gasteiger partial charge < -0.3 is 19.5 Å². The summed E-state index contributed by atoms with van der Waals surface area (Å²) in [6, 6.07) is 1.27. The van der Waals surface area contributed by atoms with Gasteiger partial charge in [0.2, 0.25) is 5.91 Å². The van der Waals surface area contributed by atoms with Gasteiger partial charge in [-0.3, -0.25) is 14.4 Å². The summed E-state index contributed by atoms with van der Waals surface area (Å²) in [5.41, 5.74) is -2.78. The van der Waals surface area contributed by atoms with Gasteiger partial charge in [0.15, 0.2) is 0 Å². The number of amides is 1. The van der Waals surface area contributed by atoms with E-state index in [0.717, 1.165) is 16.8 Å². The van der Waals surface area contributed by atoms with E-state index in [2.05, 4.69) is 5.32 Å². The first-order valence-corrected chi connectivity index (χ1v) is 15.9. The monoisotopic (exact) mass is 695 g/mol. The molecule has 0 aliphatic rings. The van der Waals surface area contributed by atoms with Gasteiger partial charge in [-0.2, -0.15) is 13.2 Å². The molecule has 0 aliphatic carbocycles. The molecule has 2 unspecified atom stereocenters. The van der Waals surface area contributed by atoms with Gasteiger partial charge in [-0.1, -0.05) is 19.9 Å². The molecule has 2 atom stereocenters. The second-order valence-electron chi connectivity index (χ2n) is 12.9. The Balaban J connectivity index is 2.23. The number of ether oxygens (including phenoxy) is 1. The minimum absolute atomic E-state index is 0.0475. The highest BCUT2D eigenvalue weighted by molar-refractivity contribution is 5.82. The van der Waals surface area contributed by atoms with E-state index in [0.29, 0.717) is 17.2 Å². The minimum atomic E-state index is -4.84. The predicted octanol–water partition coefficient (Wildman–Crippen LogP) is 7.38. The van der Waals surface area contributed by atoms with Crippen molar-refractivity contribution in [1.29, 1.82) is 0 Å². The van der Waals surface area contributed by atoms with E-state index in [1.165, 1.54) is 19.9 Å². The standard InChI is InChI=1S/C36H43F6N3O4/c1-9-49-30(47)17-27(32-33(38)22(6)15-24(34(32)39)31-21(5)13-20(4)14-26(31)37)43-35(48)28(12-19(2)3)45-18-23(10-11-44(7)8)25(16-29(45)46)36(40,41)42/h13-16,18-19,27-28H,9-12,17H2,1-8H3,(H,43,48). The molecule has 0 radical (unpaired) electrons. The average Bonchev–Trinajstić information content (AvgIpc) is 2.96. The van der Waals surface area contributed by atoms with Gasteiger partial charge in [-0.15, -0.1) is 0 Å². The number of rotatable bonds is 13. The summed E-state index contributed by atoms with van der Waals surface area (Å²) in [4.78, 5) is 41.7. The number of alkyl halides is 3. The third-order valence-corrected chi connectivity index (χ3v) is 8.09. The molecule has 2 aromatic carbocycles. The number of aromatic nitrogens is 1. The largest absolute Gasteiger partial charge is 0.466 e. The fourth-order valence-corrected chi connectivity index (χ4v) is 5.86. The number of hydrogen-bond donors (Lipinski definition) is 1. The molecule has 49 heavy (non-hydrogen) atoms. The summed E-state index contributed by atoms with van der Waals surface area (Å²) < 4.78 is 95.4. The number of aryl methyl sites for hydroxylation is 3. The van der Waals surface area contributed by atoms with E-state index in [9.17, 15) is 27.6 Å². The Morgan fingerprint density at radius 3 is 2.18 bits per heavy atom. The number of pyridine rings is 1. The molecule has 1 aromatic heterocycles. The molecule has 3 aromatic rings. The zero-order valence-electron chi connectivity index (χ0n) is 28.9. The molecule has 0 bridgehead atoms. The molecular weight excluding hydrogens is 652 g/mol. The van der Waals surface area contributed by atoms with Crippen molar-refractivity contribution in [1.82, 2.24) is 14.8 Å². The Labute approximate surface area is 282 Å². The van der Waals surface area contributed by atoms with Crippen molar-refractivity contribution in [2.75, 3.05) is 27.2 Å². The Hall–Kier alpha value is -4.13. The van der Waals surface area contributed by atoms with Gasteiger partial charge in [0.25, 0.3) is 5.56 Å². The Kier molecular flexibility index (Phi) is 12.9. The van der Waals surface area contributed by atoms with Crippen LogP contribution in [-0.4, -0.2) is 48.6 Å². The minimum Gasteiger partial charge on any atom is -0.466 e. The molecule has 0 spiro atoms. The van der Waals surface area contributed by atoms with Crippen molar-refractivity contribution in [3.63, 3.8) is 0 Å². The van der Waals surface area contributed by atoms with E-state index in [4.69, 9.17) is 4.74 Å². The van der Waals surface area contributed by atoms with Crippen LogP contribution >= 0.6 is 0 Å². The number of carbonyl (C=O) groups excluding carboxylic acids is 2. The molecule has 3 rings (SSSR count). The number of carbonyl (C=O) groups is 2. The lowest BCUT2D eigenvalue weighted by molar-refractivity contribution is -0.144. The highest BCUT2D eigenvalue weighted by Gasteiger charge is 2.36. The SMILES string of the molecule is CCOC(=O)CC(NC(=O)C(CC(C)C)n1cc(CCN(C)C)c(C(F)(F)F)cc1=O)c1c(F)c(C)cc(-c2c(C)cc(C)cc2F)c1F. The Bertz CT molecular complexity index is 1730. The van der Waals surface area contributed by atoms with Gasteiger partial charge in [-0.05, 0) is 94.9 Å². The topological polar surface area (TPSA) is 80.6 Å². The zero-order valence-corrected chi connectivity index (χ0v) is 28.9. The van der Waals surface area contributed by atoms with Crippen molar-refractivity contribution < 1.29 is 40.7 Å². The number of likely N-dealkylation sites (N-methyl/N-ethyl adjacent to an activating group) is 1. The van der Waals surface area contributed by atoms with E-state index in [-0.39, 0.29) is 54.2 Å². The molecule has 1 N–H and O–H groups in total. The van der Waals surface area contributed by atoms with Gasteiger partial charge in [0.05, 0.1) is 24.6 Å². The summed E-state index contributed by atoms with van der Waals surface area (Å²) in [5.74, 6) is -5.23. The van der Waals surface area contributed by atoms with E-state index >= 15 is 13.2 Å². The van der Waals surface area contributed by atoms with Gasteiger partial charge in [-0.25, -0.2) is 13.2 Å². The summed E-state index contributed by atoms with van der Waals surface area (Å²) in [6.07, 6.45) is -4.73. The van der Waals surface area contributed by atoms with Crippen LogP contribution < -0.4 is 10.9 Å². The van der Waals surface area contributed by atoms with Crippen molar-refractivity contribution in [3.05, 3.63) is 91.6 Å². The van der Waals surface area contributed by atoms with Crippen molar-refractivity contribution >= 4 is 11.9 Å². The molecule has 0 saturated heterocycles. The van der Waals surface area contributed by atoms with Gasteiger partial charge >= 0.3 is 12.1 Å². The molecule has 13 heteroatoms. The quantitative estimate of drug-likeness (QED) is 0.149. The highest BCUT2D eigenvalue weighted by Crippen LogP contribution is 2.37. The lowest BCUT2D eigenvalue weighted by Gasteiger charge is -2.27. The van der Waals surface area contributed by atoms with Crippen molar-refractivity contribution in [2.45, 2.75) is 79.1 Å². The Morgan fingerprint density at radius 1 is 0.980 bits per heavy atom. The lowest BCUT2D eigenvalue weighted by atomic mass is 9.90. The maximum atomic E-state index is 16.5. The van der Waals surface area contributed by atoms with Crippen LogP contribution in [0, 0.1) is 44.1 Å². The van der Waals surface area contributed by atoms with E-state index in [1.54, 1.807) is 52.8 Å². The summed E-state index contributed by atoms with van der Waals surface area (Å²) in [5, 5.41) is 2.49. The lowest BCUT2D eigenvalue weighted by Crippen LogP contribution is -2.41. The van der Waals surface area contributed by atoms with E-state index in [1.807, 2.05) is 0 Å². The van der Waals surface area contributed by atoms with Crippen molar-refractivity contribution in [2.24, 2.45) is 5.92 Å². The summed E-state index contributed by atoms with van der Waals surface area (Å²) >= 11 is 0. The van der Waals surface area contributed by atoms with Crippen LogP contribution in [0.5, 0.6) is 0 Å². The fraction of sp³-hybridized carbons (Fsp3) is 0.472. The van der Waals surface area contributed by atoms with Gasteiger partial charge in [0.1, 0.15) is 23.5 Å². The fourth-order valence-electron chi connectivity index (χ4n) is 5.86.